The number of nitrogens with zero attached hydrogens (tertiary/aromatic N) is 4. The first-order chi connectivity index (χ1) is 20.8. The van der Waals surface area contributed by atoms with E-state index in [9.17, 15) is 9.59 Å². The number of nitrogens with one attached hydrogen (secondary N) is 1. The molecule has 0 spiro atoms. The first kappa shape index (κ1) is 30.2. The molecule has 3 aromatic carbocycles. The zero-order chi connectivity index (χ0) is 30.5. The number of rotatable bonds is 10. The van der Waals surface area contributed by atoms with E-state index in [-0.39, 0.29) is 29.4 Å². The molecule has 1 aliphatic rings. The zero-order valence-electron chi connectivity index (χ0n) is 25.2. The van der Waals surface area contributed by atoms with Crippen LogP contribution in [0.2, 0.25) is 0 Å². The summed E-state index contributed by atoms with van der Waals surface area (Å²) < 4.78 is 13.0. The van der Waals surface area contributed by atoms with E-state index < -0.39 is 0 Å². The molecular formula is C33H37N5O4S. The Hall–Kier alpha value is -4.28. The lowest BCUT2D eigenvalue weighted by Gasteiger charge is -2.23. The van der Waals surface area contributed by atoms with E-state index >= 15 is 0 Å². The molecule has 1 unspecified atom stereocenters. The van der Waals surface area contributed by atoms with Crippen molar-refractivity contribution < 1.29 is 19.1 Å². The van der Waals surface area contributed by atoms with Crippen molar-refractivity contribution in [1.29, 1.82) is 0 Å². The van der Waals surface area contributed by atoms with Crippen molar-refractivity contribution in [3.8, 4) is 28.4 Å². The predicted octanol–water partition coefficient (Wildman–Crippen LogP) is 4.71. The molecule has 5 rings (SSSR count). The number of hydrogen-bond acceptors (Lipinski definition) is 7. The monoisotopic (exact) mass is 599 g/mol. The van der Waals surface area contributed by atoms with Crippen LogP contribution < -0.4 is 19.7 Å². The summed E-state index contributed by atoms with van der Waals surface area (Å²) in [6, 6.07) is 23.8. The maximum absolute atomic E-state index is 13.9. The maximum atomic E-state index is 13.9. The van der Waals surface area contributed by atoms with Gasteiger partial charge in [-0.15, -0.1) is 11.8 Å². The van der Waals surface area contributed by atoms with Gasteiger partial charge in [0.25, 0.3) is 0 Å². The molecule has 2 heterocycles. The number of ether oxygens (including phenoxy) is 2. The van der Waals surface area contributed by atoms with E-state index in [0.29, 0.717) is 30.4 Å². The van der Waals surface area contributed by atoms with Crippen molar-refractivity contribution in [2.45, 2.75) is 12.2 Å². The predicted molar refractivity (Wildman–Crippen MR) is 172 cm³/mol. The Morgan fingerprint density at radius 1 is 1.02 bits per heavy atom. The van der Waals surface area contributed by atoms with Crippen molar-refractivity contribution in [3.05, 3.63) is 89.5 Å². The second kappa shape index (κ2) is 13.4. The number of likely N-dealkylation sites (N-methyl/N-ethyl adjacent to an activating group) is 1. The molecule has 0 saturated carbocycles. The lowest BCUT2D eigenvalue weighted by atomic mass is 9.99. The van der Waals surface area contributed by atoms with Crippen LogP contribution in [0.1, 0.15) is 21.9 Å². The van der Waals surface area contributed by atoms with Crippen LogP contribution in [0.15, 0.2) is 72.8 Å². The second-order valence-corrected chi connectivity index (χ2v) is 11.7. The molecule has 0 saturated heterocycles. The van der Waals surface area contributed by atoms with Crippen LogP contribution in [0.25, 0.3) is 16.9 Å². The molecule has 10 heteroatoms. The third kappa shape index (κ3) is 6.55. The van der Waals surface area contributed by atoms with Gasteiger partial charge in [-0.05, 0) is 56.4 Å². The highest BCUT2D eigenvalue weighted by atomic mass is 32.2. The Kier molecular flexibility index (Phi) is 9.37. The Balaban J connectivity index is 1.74. The Bertz CT molecular complexity index is 1600. The number of carbonyl (C=O) groups is 2. The molecule has 43 heavy (non-hydrogen) atoms. The summed E-state index contributed by atoms with van der Waals surface area (Å²) in [5, 5.41) is 7.85. The van der Waals surface area contributed by atoms with Crippen LogP contribution in [0, 0.1) is 6.92 Å². The topological polar surface area (TPSA) is 88.9 Å². The van der Waals surface area contributed by atoms with Gasteiger partial charge in [0, 0.05) is 24.2 Å². The molecule has 0 fully saturated rings. The summed E-state index contributed by atoms with van der Waals surface area (Å²) >= 11 is 1.51. The lowest BCUT2D eigenvalue weighted by Crippen LogP contribution is -2.43. The molecular weight excluding hydrogens is 562 g/mol. The highest BCUT2D eigenvalue weighted by molar-refractivity contribution is 8.00. The molecule has 1 aromatic heterocycles. The highest BCUT2D eigenvalue weighted by Gasteiger charge is 2.38. The van der Waals surface area contributed by atoms with Crippen molar-refractivity contribution in [2.24, 2.45) is 0 Å². The van der Waals surface area contributed by atoms with Crippen molar-refractivity contribution in [2.75, 3.05) is 58.6 Å². The number of anilines is 1. The van der Waals surface area contributed by atoms with Crippen LogP contribution >= 0.6 is 11.8 Å². The van der Waals surface area contributed by atoms with Crippen molar-refractivity contribution in [3.63, 3.8) is 0 Å². The summed E-state index contributed by atoms with van der Waals surface area (Å²) in [6.07, 6.45) is 0. The lowest BCUT2D eigenvalue weighted by molar-refractivity contribution is -0.122. The average Bonchev–Trinajstić information content (AvgIpc) is 3.33. The van der Waals surface area contributed by atoms with Crippen molar-refractivity contribution in [1.82, 2.24) is 20.0 Å². The summed E-state index contributed by atoms with van der Waals surface area (Å²) in [5.74, 6) is 1.60. The third-order valence-electron chi connectivity index (χ3n) is 7.28. The van der Waals surface area contributed by atoms with E-state index in [4.69, 9.17) is 14.6 Å². The SMILES string of the molecule is COc1ccc(C2SCC(=O)N(CC(=O)NCCN(C)C)c3c2c(-c2ccccc2)nn3-c2cccc(C)c2)cc1OC. The highest BCUT2D eigenvalue weighted by Crippen LogP contribution is 2.49. The molecule has 4 aromatic rings. The molecule has 1 N–H and O–H groups in total. The summed E-state index contributed by atoms with van der Waals surface area (Å²) in [6.45, 7) is 3.08. The van der Waals surface area contributed by atoms with Gasteiger partial charge in [-0.25, -0.2) is 4.68 Å². The van der Waals surface area contributed by atoms with Gasteiger partial charge in [0.2, 0.25) is 11.8 Å². The number of amides is 2. The Morgan fingerprint density at radius 3 is 2.49 bits per heavy atom. The van der Waals surface area contributed by atoms with E-state index in [1.807, 2.05) is 103 Å². The summed E-state index contributed by atoms with van der Waals surface area (Å²) in [4.78, 5) is 30.8. The minimum absolute atomic E-state index is 0.121. The van der Waals surface area contributed by atoms with Crippen molar-refractivity contribution >= 4 is 29.4 Å². The maximum Gasteiger partial charge on any atom is 0.240 e. The van der Waals surface area contributed by atoms with Gasteiger partial charge in [-0.2, -0.15) is 5.10 Å². The minimum Gasteiger partial charge on any atom is -0.493 e. The Morgan fingerprint density at radius 2 is 1.79 bits per heavy atom. The number of fused-ring (bicyclic) bond motifs is 1. The van der Waals surface area contributed by atoms with Gasteiger partial charge in [-0.3, -0.25) is 14.5 Å². The molecule has 0 aliphatic carbocycles. The van der Waals surface area contributed by atoms with Crippen LogP contribution in [-0.4, -0.2) is 80.2 Å². The largest absolute Gasteiger partial charge is 0.493 e. The van der Waals surface area contributed by atoms with Gasteiger partial charge in [0.1, 0.15) is 12.4 Å². The van der Waals surface area contributed by atoms with E-state index in [1.54, 1.807) is 19.1 Å². The third-order valence-corrected chi connectivity index (χ3v) is 8.53. The van der Waals surface area contributed by atoms with Gasteiger partial charge in [-0.1, -0.05) is 48.5 Å². The number of aromatic nitrogens is 2. The second-order valence-electron chi connectivity index (χ2n) is 10.6. The Labute approximate surface area is 256 Å². The normalized spacial score (nSPS) is 14.8. The number of thioether (sulfide) groups is 1. The zero-order valence-corrected chi connectivity index (χ0v) is 26.0. The van der Waals surface area contributed by atoms with Crippen LogP contribution in [0.5, 0.6) is 11.5 Å². The molecule has 1 atom stereocenters. The number of carbonyl (C=O) groups excluding carboxylic acids is 2. The fourth-order valence-electron chi connectivity index (χ4n) is 5.17. The van der Waals surface area contributed by atoms with E-state index in [0.717, 1.165) is 33.6 Å². The summed E-state index contributed by atoms with van der Waals surface area (Å²) in [5.41, 5.74) is 5.33. The smallest absolute Gasteiger partial charge is 0.240 e. The molecule has 224 valence electrons. The number of methoxy groups -OCH3 is 2. The first-order valence-corrected chi connectivity index (χ1v) is 15.2. The first-order valence-electron chi connectivity index (χ1n) is 14.1. The minimum atomic E-state index is -0.283. The fourth-order valence-corrected chi connectivity index (χ4v) is 6.35. The van der Waals surface area contributed by atoms with E-state index in [1.165, 1.54) is 11.8 Å². The quantitative estimate of drug-likeness (QED) is 0.282. The fraction of sp³-hybridized carbons (Fsp3) is 0.303. The van der Waals surface area contributed by atoms with Gasteiger partial charge in [0.05, 0.1) is 36.6 Å². The van der Waals surface area contributed by atoms with Crippen LogP contribution in [0.4, 0.5) is 5.82 Å². The van der Waals surface area contributed by atoms with Crippen LogP contribution in [-0.2, 0) is 9.59 Å². The van der Waals surface area contributed by atoms with Crippen LogP contribution in [0.3, 0.4) is 0 Å². The summed E-state index contributed by atoms with van der Waals surface area (Å²) in [7, 11) is 7.12. The molecule has 1 aliphatic heterocycles. The number of aryl methyl sites for hydroxylation is 1. The molecule has 0 radical (unpaired) electrons. The molecule has 0 bridgehead atoms. The van der Waals surface area contributed by atoms with E-state index in [2.05, 4.69) is 5.32 Å². The van der Waals surface area contributed by atoms with Gasteiger partial charge >= 0.3 is 0 Å². The van der Waals surface area contributed by atoms with Gasteiger partial charge in [0.15, 0.2) is 11.5 Å². The molecule has 9 nitrogen and oxygen atoms in total. The molecule has 2 amide bonds. The number of hydrogen-bond donors (Lipinski definition) is 1. The standard InChI is InChI=1S/C33H37N5O4S/c1-22-10-9-13-25(18-22)38-33-30(31(35-38)23-11-7-6-8-12-23)32(24-14-15-26(41-4)27(19-24)42-5)43-21-29(40)37(33)20-28(39)34-16-17-36(2)3/h6-15,18-19,32H,16-17,20-21H2,1-5H3,(H,34,39). The van der Waals surface area contributed by atoms with Gasteiger partial charge < -0.3 is 19.7 Å². The number of benzene rings is 3. The average molecular weight is 600 g/mol.